The third-order valence-electron chi connectivity index (χ3n) is 4.97. The number of hydrogen-bond acceptors (Lipinski definition) is 5. The van der Waals surface area contributed by atoms with Gasteiger partial charge in [-0.2, -0.15) is 0 Å². The van der Waals surface area contributed by atoms with Crippen LogP contribution in [0.5, 0.6) is 5.75 Å². The van der Waals surface area contributed by atoms with E-state index in [-0.39, 0.29) is 5.92 Å². The Hall–Kier alpha value is -1.60. The molecular weight excluding hydrogens is 338 g/mol. The molecule has 0 unspecified atom stereocenters. The van der Waals surface area contributed by atoms with Gasteiger partial charge in [0.2, 0.25) is 10.0 Å². The standard InChI is InChI=1S/C18H25N3O3S/c1-11(2)10-19-25(22,23)17-14-6-4-3-5-13(14)9-15-16(17)20-18(21-24-15)12-7-8-12/h9,11-12,19H,3-8,10H2,1-2H3,(H,20,21). The number of rotatable bonds is 5. The summed E-state index contributed by atoms with van der Waals surface area (Å²) in [5.74, 6) is 1.89. The first kappa shape index (κ1) is 16.8. The summed E-state index contributed by atoms with van der Waals surface area (Å²) in [5.41, 5.74) is 2.57. The number of nitrogens with one attached hydrogen (secondary N) is 2. The first-order chi connectivity index (χ1) is 12.0. The minimum absolute atomic E-state index is 0.248. The van der Waals surface area contributed by atoms with Gasteiger partial charge in [0.25, 0.3) is 0 Å². The van der Waals surface area contributed by atoms with Gasteiger partial charge >= 0.3 is 0 Å². The summed E-state index contributed by atoms with van der Waals surface area (Å²) < 4.78 is 29.0. The summed E-state index contributed by atoms with van der Waals surface area (Å²) >= 11 is 0. The molecular formula is C18H25N3O3S. The third-order valence-corrected chi connectivity index (χ3v) is 6.51. The van der Waals surface area contributed by atoms with Crippen LogP contribution in [0.2, 0.25) is 0 Å². The predicted molar refractivity (Wildman–Crippen MR) is 97.5 cm³/mol. The molecule has 0 amide bonds. The highest BCUT2D eigenvalue weighted by molar-refractivity contribution is 7.89. The van der Waals surface area contributed by atoms with Crippen molar-refractivity contribution in [1.82, 2.24) is 4.72 Å². The van der Waals surface area contributed by atoms with Crippen LogP contribution in [0, 0.1) is 11.8 Å². The van der Waals surface area contributed by atoms with Crippen molar-refractivity contribution in [3.8, 4) is 5.75 Å². The molecule has 3 aliphatic rings. The van der Waals surface area contributed by atoms with Gasteiger partial charge in [-0.3, -0.25) is 0 Å². The van der Waals surface area contributed by atoms with E-state index in [1.54, 1.807) is 0 Å². The van der Waals surface area contributed by atoms with E-state index in [0.29, 0.717) is 28.8 Å². The lowest BCUT2D eigenvalue weighted by Crippen LogP contribution is -2.31. The van der Waals surface area contributed by atoms with Crippen LogP contribution in [-0.2, 0) is 22.9 Å². The van der Waals surface area contributed by atoms with E-state index in [9.17, 15) is 8.42 Å². The van der Waals surface area contributed by atoms with Crippen LogP contribution >= 0.6 is 0 Å². The maximum Gasteiger partial charge on any atom is 0.243 e. The van der Waals surface area contributed by atoms with Crippen LogP contribution in [0.15, 0.2) is 16.1 Å². The van der Waals surface area contributed by atoms with E-state index in [2.05, 4.69) is 15.2 Å². The average Bonchev–Trinajstić information content (AvgIpc) is 3.42. The highest BCUT2D eigenvalue weighted by Crippen LogP contribution is 2.43. The molecule has 0 radical (unpaired) electrons. The molecule has 0 spiro atoms. The fraction of sp³-hybridized carbons (Fsp3) is 0.611. The average molecular weight is 363 g/mol. The Balaban J connectivity index is 1.81. The van der Waals surface area contributed by atoms with Crippen molar-refractivity contribution in [3.05, 3.63) is 17.2 Å². The van der Waals surface area contributed by atoms with Gasteiger partial charge in [0.05, 0.1) is 0 Å². The number of aryl methyl sites for hydroxylation is 1. The monoisotopic (exact) mass is 363 g/mol. The van der Waals surface area contributed by atoms with Crippen molar-refractivity contribution < 1.29 is 13.3 Å². The minimum atomic E-state index is -3.61. The number of fused-ring (bicyclic) bond motifs is 2. The normalized spacial score (nSPS) is 19.6. The van der Waals surface area contributed by atoms with Crippen LogP contribution in [0.4, 0.5) is 5.69 Å². The predicted octanol–water partition coefficient (Wildman–Crippen LogP) is 3.03. The number of oxime groups is 1. The smallest absolute Gasteiger partial charge is 0.243 e. The Morgan fingerprint density at radius 3 is 2.80 bits per heavy atom. The summed E-state index contributed by atoms with van der Waals surface area (Å²) in [6, 6.07) is 1.96. The molecule has 2 N–H and O–H groups in total. The third kappa shape index (κ3) is 3.27. The topological polar surface area (TPSA) is 79.8 Å². The lowest BCUT2D eigenvalue weighted by Gasteiger charge is -2.27. The minimum Gasteiger partial charge on any atom is -0.353 e. The fourth-order valence-electron chi connectivity index (χ4n) is 3.46. The van der Waals surface area contributed by atoms with Gasteiger partial charge < -0.3 is 10.2 Å². The molecule has 0 saturated heterocycles. The van der Waals surface area contributed by atoms with Gasteiger partial charge in [-0.25, -0.2) is 13.1 Å². The molecule has 0 bridgehead atoms. The van der Waals surface area contributed by atoms with Crippen molar-refractivity contribution in [2.45, 2.75) is 57.3 Å². The van der Waals surface area contributed by atoms with Gasteiger partial charge in [0.15, 0.2) is 5.75 Å². The highest BCUT2D eigenvalue weighted by atomic mass is 32.2. The number of amidine groups is 1. The van der Waals surface area contributed by atoms with Crippen molar-refractivity contribution >= 4 is 21.5 Å². The Morgan fingerprint density at radius 2 is 2.08 bits per heavy atom. The van der Waals surface area contributed by atoms with Crippen LogP contribution < -0.4 is 14.9 Å². The van der Waals surface area contributed by atoms with Crippen molar-refractivity contribution in [2.75, 3.05) is 11.9 Å². The molecule has 1 heterocycles. The van der Waals surface area contributed by atoms with E-state index >= 15 is 0 Å². The molecule has 136 valence electrons. The zero-order valence-corrected chi connectivity index (χ0v) is 15.6. The molecule has 25 heavy (non-hydrogen) atoms. The van der Waals surface area contributed by atoms with Crippen LogP contribution in [0.3, 0.4) is 0 Å². The summed E-state index contributed by atoms with van der Waals surface area (Å²) in [6.45, 7) is 4.42. The highest BCUT2D eigenvalue weighted by Gasteiger charge is 2.36. The number of nitrogens with zero attached hydrogens (tertiary/aromatic N) is 1. The first-order valence-corrected chi connectivity index (χ1v) is 10.6. The molecule has 6 nitrogen and oxygen atoms in total. The molecule has 1 aromatic carbocycles. The summed E-state index contributed by atoms with van der Waals surface area (Å²) in [6.07, 6.45) is 5.92. The number of anilines is 1. The molecule has 4 rings (SSSR count). The fourth-order valence-corrected chi connectivity index (χ4v) is 5.13. The summed E-state index contributed by atoms with van der Waals surface area (Å²) in [4.78, 5) is 5.97. The largest absolute Gasteiger partial charge is 0.353 e. The maximum atomic E-state index is 13.1. The quantitative estimate of drug-likeness (QED) is 0.843. The van der Waals surface area contributed by atoms with Gasteiger partial charge in [0.1, 0.15) is 16.4 Å². The summed E-state index contributed by atoms with van der Waals surface area (Å²) in [5, 5.41) is 7.45. The SMILES string of the molecule is CC(C)CNS(=O)(=O)c1c2c(cc3c1NC(C1CC1)=NO3)CCCC2. The lowest BCUT2D eigenvalue weighted by molar-refractivity contribution is 0.334. The lowest BCUT2D eigenvalue weighted by atomic mass is 9.90. The Morgan fingerprint density at radius 1 is 1.32 bits per heavy atom. The van der Waals surface area contributed by atoms with Gasteiger partial charge in [0, 0.05) is 12.5 Å². The van der Waals surface area contributed by atoms with Gasteiger partial charge in [-0.15, -0.1) is 0 Å². The molecule has 7 heteroatoms. The van der Waals surface area contributed by atoms with Crippen molar-refractivity contribution in [1.29, 1.82) is 0 Å². The Kier molecular flexibility index (Phi) is 4.24. The van der Waals surface area contributed by atoms with E-state index in [0.717, 1.165) is 55.5 Å². The van der Waals surface area contributed by atoms with Gasteiger partial charge in [-0.05, 0) is 61.6 Å². The zero-order chi connectivity index (χ0) is 17.6. The number of benzene rings is 1. The van der Waals surface area contributed by atoms with E-state index < -0.39 is 10.0 Å². The van der Waals surface area contributed by atoms with E-state index in [1.807, 2.05) is 19.9 Å². The van der Waals surface area contributed by atoms with Gasteiger partial charge in [-0.1, -0.05) is 19.0 Å². The van der Waals surface area contributed by atoms with E-state index in [4.69, 9.17) is 4.84 Å². The first-order valence-electron chi connectivity index (χ1n) is 9.16. The number of sulfonamides is 1. The number of hydrogen-bond donors (Lipinski definition) is 2. The van der Waals surface area contributed by atoms with Crippen molar-refractivity contribution in [3.63, 3.8) is 0 Å². The zero-order valence-electron chi connectivity index (χ0n) is 14.8. The van der Waals surface area contributed by atoms with Crippen LogP contribution in [0.25, 0.3) is 0 Å². The Bertz CT molecular complexity index is 826. The molecule has 2 aliphatic carbocycles. The molecule has 1 aliphatic heterocycles. The molecule has 1 aromatic rings. The van der Waals surface area contributed by atoms with E-state index in [1.165, 1.54) is 0 Å². The maximum absolute atomic E-state index is 13.1. The van der Waals surface area contributed by atoms with Crippen molar-refractivity contribution in [2.24, 2.45) is 17.0 Å². The second kappa shape index (κ2) is 6.29. The van der Waals surface area contributed by atoms with Crippen LogP contribution in [0.1, 0.15) is 50.7 Å². The molecule has 0 atom stereocenters. The summed E-state index contributed by atoms with van der Waals surface area (Å²) in [7, 11) is -3.61. The molecule has 0 aromatic heterocycles. The molecule has 1 fully saturated rings. The van der Waals surface area contributed by atoms with Crippen LogP contribution in [-0.4, -0.2) is 20.8 Å². The molecule has 1 saturated carbocycles. The second-order valence-electron chi connectivity index (χ2n) is 7.64. The second-order valence-corrected chi connectivity index (χ2v) is 9.34. The Labute approximate surface area is 149 Å².